The highest BCUT2D eigenvalue weighted by Gasteiger charge is 2.44. The summed E-state index contributed by atoms with van der Waals surface area (Å²) in [6, 6.07) is 12.2. The summed E-state index contributed by atoms with van der Waals surface area (Å²) in [5.41, 5.74) is 8.94. The Balaban J connectivity index is 1.24. The van der Waals surface area contributed by atoms with Crippen LogP contribution in [0.5, 0.6) is 0 Å². The van der Waals surface area contributed by atoms with E-state index in [9.17, 15) is 9.18 Å². The first-order chi connectivity index (χ1) is 14.1. The van der Waals surface area contributed by atoms with Gasteiger partial charge in [0.05, 0.1) is 30.6 Å². The third-order valence-corrected chi connectivity index (χ3v) is 6.41. The van der Waals surface area contributed by atoms with Gasteiger partial charge in [-0.15, -0.1) is 0 Å². The van der Waals surface area contributed by atoms with Crippen LogP contribution in [0.15, 0.2) is 42.5 Å². The molecular formula is C22H25FN4O2. The van der Waals surface area contributed by atoms with Gasteiger partial charge >= 0.3 is 6.03 Å². The number of nitrogens with two attached hydrogens (primary N) is 1. The topological polar surface area (TPSA) is 70.8 Å². The normalized spacial score (nSPS) is 24.4. The molecule has 29 heavy (non-hydrogen) atoms. The van der Waals surface area contributed by atoms with Crippen molar-refractivity contribution in [1.82, 2.24) is 9.80 Å². The Morgan fingerprint density at radius 3 is 2.28 bits per heavy atom. The van der Waals surface area contributed by atoms with Crippen LogP contribution >= 0.6 is 0 Å². The quantitative estimate of drug-likeness (QED) is 0.783. The molecule has 0 bridgehead atoms. The molecule has 2 aromatic rings. The van der Waals surface area contributed by atoms with Crippen LogP contribution in [0.25, 0.3) is 11.1 Å². The highest BCUT2D eigenvalue weighted by atomic mass is 19.1. The van der Waals surface area contributed by atoms with Crippen molar-refractivity contribution in [3.63, 3.8) is 0 Å². The summed E-state index contributed by atoms with van der Waals surface area (Å²) in [5.74, 6) is 0.786. The van der Waals surface area contributed by atoms with Gasteiger partial charge in [0.25, 0.3) is 0 Å². The number of anilines is 2. The summed E-state index contributed by atoms with van der Waals surface area (Å²) in [6.07, 6.45) is 0. The molecule has 2 unspecified atom stereocenters. The number of carbonyl (C=O) groups excluding carboxylic acids is 1. The van der Waals surface area contributed by atoms with Crippen LogP contribution in [-0.2, 0) is 4.74 Å². The number of hydrogen-bond acceptors (Lipinski definition) is 4. The first kappa shape index (κ1) is 18.4. The molecule has 6 nitrogen and oxygen atoms in total. The van der Waals surface area contributed by atoms with Crippen LogP contribution in [0.4, 0.5) is 20.6 Å². The van der Waals surface area contributed by atoms with Gasteiger partial charge in [0.15, 0.2) is 0 Å². The van der Waals surface area contributed by atoms with Gasteiger partial charge in [-0.3, -0.25) is 4.90 Å². The Hall–Kier alpha value is -2.64. The van der Waals surface area contributed by atoms with Gasteiger partial charge in [-0.05, 0) is 47.2 Å². The Kier molecular flexibility index (Phi) is 4.64. The van der Waals surface area contributed by atoms with Crippen molar-refractivity contribution in [2.75, 3.05) is 50.4 Å². The molecule has 7 heteroatoms. The van der Waals surface area contributed by atoms with E-state index in [1.807, 2.05) is 17.0 Å². The van der Waals surface area contributed by atoms with Crippen molar-refractivity contribution in [2.45, 2.75) is 6.04 Å². The lowest BCUT2D eigenvalue weighted by Crippen LogP contribution is -2.49. The average molecular weight is 396 g/mol. The molecule has 0 aromatic heterocycles. The Labute approximate surface area is 169 Å². The van der Waals surface area contributed by atoms with Crippen LogP contribution < -0.4 is 11.1 Å². The molecule has 0 spiro atoms. The van der Waals surface area contributed by atoms with Gasteiger partial charge in [0.2, 0.25) is 0 Å². The van der Waals surface area contributed by atoms with Gasteiger partial charge in [-0.25, -0.2) is 9.18 Å². The number of fused-ring (bicyclic) bond motifs is 1. The lowest BCUT2D eigenvalue weighted by molar-refractivity contribution is -0.0597. The molecule has 3 heterocycles. The van der Waals surface area contributed by atoms with Crippen LogP contribution in [0.1, 0.15) is 0 Å². The summed E-state index contributed by atoms with van der Waals surface area (Å²) >= 11 is 0. The number of nitrogen functional groups attached to an aromatic ring is 1. The van der Waals surface area contributed by atoms with Crippen molar-refractivity contribution < 1.29 is 13.9 Å². The standard InChI is InChI=1S/C22H25FN4O2/c23-18-4-1-14(2-5-18)15-3-6-20(24)21(7-15)25-22(28)27-10-16-8-26(9-17(16)11-27)19-12-29-13-19/h1-7,16-17,19H,8-13,24H2,(H,25,28). The zero-order valence-corrected chi connectivity index (χ0v) is 16.2. The van der Waals surface area contributed by atoms with Crippen molar-refractivity contribution in [2.24, 2.45) is 11.8 Å². The summed E-state index contributed by atoms with van der Waals surface area (Å²) < 4.78 is 18.5. The first-order valence-electron chi connectivity index (χ1n) is 10.1. The lowest BCUT2D eigenvalue weighted by atomic mass is 10.0. The minimum atomic E-state index is -0.277. The Morgan fingerprint density at radius 1 is 1.00 bits per heavy atom. The SMILES string of the molecule is Nc1ccc(-c2ccc(F)cc2)cc1NC(=O)N1CC2CN(C3COC3)CC2C1. The maximum absolute atomic E-state index is 13.2. The van der Waals surface area contributed by atoms with Crippen molar-refractivity contribution in [3.05, 3.63) is 48.3 Å². The summed E-state index contributed by atoms with van der Waals surface area (Å²) in [4.78, 5) is 17.3. The number of urea groups is 1. The molecule has 3 N–H and O–H groups in total. The van der Waals surface area contributed by atoms with E-state index in [0.717, 1.165) is 50.5 Å². The molecule has 3 fully saturated rings. The number of halogens is 1. The predicted octanol–water partition coefficient (Wildman–Crippen LogP) is 2.87. The van der Waals surface area contributed by atoms with Crippen molar-refractivity contribution >= 4 is 17.4 Å². The van der Waals surface area contributed by atoms with E-state index in [2.05, 4.69) is 10.2 Å². The van der Waals surface area contributed by atoms with E-state index in [1.54, 1.807) is 18.2 Å². The van der Waals surface area contributed by atoms with E-state index in [1.165, 1.54) is 12.1 Å². The van der Waals surface area contributed by atoms with E-state index >= 15 is 0 Å². The van der Waals surface area contributed by atoms with Crippen LogP contribution in [-0.4, -0.2) is 61.3 Å². The van der Waals surface area contributed by atoms with E-state index in [-0.39, 0.29) is 11.8 Å². The van der Waals surface area contributed by atoms with Gasteiger partial charge in [0, 0.05) is 26.2 Å². The number of rotatable bonds is 3. The van der Waals surface area contributed by atoms with E-state index < -0.39 is 0 Å². The molecule has 2 atom stereocenters. The molecule has 0 aliphatic carbocycles. The van der Waals surface area contributed by atoms with Gasteiger partial charge in [-0.1, -0.05) is 18.2 Å². The maximum atomic E-state index is 13.2. The number of nitrogens with one attached hydrogen (secondary N) is 1. The van der Waals surface area contributed by atoms with Crippen LogP contribution in [0.2, 0.25) is 0 Å². The number of ether oxygens (including phenoxy) is 1. The zero-order valence-electron chi connectivity index (χ0n) is 16.2. The summed E-state index contributed by atoms with van der Waals surface area (Å²) in [6.45, 7) is 5.33. The average Bonchev–Trinajstić information content (AvgIpc) is 3.22. The number of likely N-dealkylation sites (tertiary alicyclic amines) is 2. The zero-order chi connectivity index (χ0) is 20.0. The monoisotopic (exact) mass is 396 g/mol. The number of amides is 2. The maximum Gasteiger partial charge on any atom is 0.321 e. The molecule has 2 aromatic carbocycles. The van der Waals surface area contributed by atoms with E-state index in [4.69, 9.17) is 10.5 Å². The molecule has 152 valence electrons. The predicted molar refractivity (Wildman–Crippen MR) is 110 cm³/mol. The fraction of sp³-hybridized carbons (Fsp3) is 0.409. The number of carbonyl (C=O) groups is 1. The van der Waals surface area contributed by atoms with E-state index in [0.29, 0.717) is 29.3 Å². The molecular weight excluding hydrogens is 371 g/mol. The molecule has 0 saturated carbocycles. The smallest absolute Gasteiger partial charge is 0.321 e. The third kappa shape index (κ3) is 3.56. The molecule has 3 aliphatic rings. The first-order valence-corrected chi connectivity index (χ1v) is 10.1. The molecule has 3 aliphatic heterocycles. The second kappa shape index (κ2) is 7.31. The number of hydrogen-bond donors (Lipinski definition) is 2. The largest absolute Gasteiger partial charge is 0.397 e. The van der Waals surface area contributed by atoms with Crippen LogP contribution in [0.3, 0.4) is 0 Å². The molecule has 2 amide bonds. The third-order valence-electron chi connectivity index (χ3n) is 6.41. The molecule has 0 radical (unpaired) electrons. The fourth-order valence-electron chi connectivity index (χ4n) is 4.61. The number of benzene rings is 2. The van der Waals surface area contributed by atoms with Crippen molar-refractivity contribution in [3.8, 4) is 11.1 Å². The summed E-state index contributed by atoms with van der Waals surface area (Å²) in [7, 11) is 0. The Bertz CT molecular complexity index is 902. The van der Waals surface area contributed by atoms with Gasteiger partial charge in [0.1, 0.15) is 5.82 Å². The minimum Gasteiger partial charge on any atom is -0.397 e. The van der Waals surface area contributed by atoms with Gasteiger partial charge in [-0.2, -0.15) is 0 Å². The van der Waals surface area contributed by atoms with Crippen molar-refractivity contribution in [1.29, 1.82) is 0 Å². The minimum absolute atomic E-state index is 0.110. The van der Waals surface area contributed by atoms with Gasteiger partial charge < -0.3 is 20.7 Å². The number of nitrogens with zero attached hydrogens (tertiary/aromatic N) is 2. The highest BCUT2D eigenvalue weighted by molar-refractivity contribution is 5.94. The summed E-state index contributed by atoms with van der Waals surface area (Å²) in [5, 5.41) is 2.97. The molecule has 3 saturated heterocycles. The van der Waals surface area contributed by atoms with Crippen LogP contribution in [0, 0.1) is 17.7 Å². The second-order valence-corrected chi connectivity index (χ2v) is 8.31. The fourth-order valence-corrected chi connectivity index (χ4v) is 4.61. The second-order valence-electron chi connectivity index (χ2n) is 8.31. The highest BCUT2D eigenvalue weighted by Crippen LogP contribution is 2.34. The Morgan fingerprint density at radius 2 is 1.66 bits per heavy atom. The molecule has 5 rings (SSSR count). The lowest BCUT2D eigenvalue weighted by Gasteiger charge is -2.35.